The minimum Gasteiger partial charge on any atom is -0.756 e. The Morgan fingerprint density at radius 2 is 1.82 bits per heavy atom. The summed E-state index contributed by atoms with van der Waals surface area (Å²) >= 11 is 1.63. The summed E-state index contributed by atoms with van der Waals surface area (Å²) in [5.74, 6) is 0.602. The lowest BCUT2D eigenvalue weighted by atomic mass is 10.1. The molecule has 0 amide bonds. The number of nitrogens with zero attached hydrogens (tertiary/aromatic N) is 2. The topological polar surface area (TPSA) is 211 Å². The Morgan fingerprint density at radius 3 is 2.39 bits per heavy atom. The molecule has 0 radical (unpaired) electrons. The van der Waals surface area contributed by atoms with E-state index in [4.69, 9.17) is 40.6 Å². The van der Waals surface area contributed by atoms with Crippen LogP contribution in [0.5, 0.6) is 5.75 Å². The molecule has 4 aromatic rings. The normalized spacial score (nSPS) is 12.4. The highest BCUT2D eigenvalue weighted by molar-refractivity contribution is 7.89. The lowest BCUT2D eigenvalue weighted by Gasteiger charge is -2.18. The number of ether oxygens (including phenoxy) is 1. The molecule has 1 unspecified atom stereocenters. The molecule has 0 bridgehead atoms. The van der Waals surface area contributed by atoms with E-state index in [1.165, 1.54) is 12.1 Å². The number of aryl methyl sites for hydroxylation is 2. The molecule has 38 heavy (non-hydrogen) atoms. The molecule has 4 rings (SSSR count). The number of sulfonamides is 1. The number of imidazole rings is 1. The van der Waals surface area contributed by atoms with Crippen molar-refractivity contribution in [1.29, 1.82) is 0 Å². The van der Waals surface area contributed by atoms with E-state index in [-0.39, 0.29) is 11.0 Å². The Labute approximate surface area is 223 Å². The van der Waals surface area contributed by atoms with Crippen LogP contribution in [0.4, 0.5) is 11.4 Å². The molecule has 2 aromatic carbocycles. The first-order valence-corrected chi connectivity index (χ1v) is 15.0. The highest BCUT2D eigenvalue weighted by Crippen LogP contribution is 2.30. The second-order valence-electron chi connectivity index (χ2n) is 8.20. The van der Waals surface area contributed by atoms with Crippen LogP contribution in [0.2, 0.25) is 0 Å². The van der Waals surface area contributed by atoms with E-state index in [1.807, 2.05) is 36.2 Å². The number of benzene rings is 2. The Hall–Kier alpha value is -3.23. The number of anilines is 2. The standard InChI is InChI=1S/C23H26N5O3S2.H3O4P/c24-18-5-8-21(20(25)14-18)31-22(23-2-1-13-32-23)15-28-12-11-27(16-28)10-9-17-3-6-19(7-4-17)33(26,29)30;1-5(2,3)4/h1-8,11-14,16,22H,9-10,15,24-25H2,(H2,26,29,30);(H3,1,2,3,4)/q+1;/p-1. The predicted molar refractivity (Wildman–Crippen MR) is 141 cm³/mol. The van der Waals surface area contributed by atoms with Gasteiger partial charge in [-0.05, 0) is 47.3 Å². The molecule has 0 aliphatic rings. The number of nitrogen functional groups attached to an aromatic ring is 2. The summed E-state index contributed by atoms with van der Waals surface area (Å²) in [5, 5.41) is 7.18. The third kappa shape index (κ3) is 9.58. The van der Waals surface area contributed by atoms with Crippen LogP contribution in [0, 0.1) is 0 Å². The van der Waals surface area contributed by atoms with Gasteiger partial charge in [0.05, 0.1) is 17.1 Å². The van der Waals surface area contributed by atoms with Crippen molar-refractivity contribution in [1.82, 2.24) is 4.57 Å². The minimum absolute atomic E-state index is 0.117. The van der Waals surface area contributed by atoms with Gasteiger partial charge in [-0.15, -0.1) is 11.3 Å². The summed E-state index contributed by atoms with van der Waals surface area (Å²) in [5.41, 5.74) is 14.0. The Balaban J connectivity index is 0.000000732. The minimum atomic E-state index is -4.89. The van der Waals surface area contributed by atoms with E-state index < -0.39 is 17.8 Å². The van der Waals surface area contributed by atoms with Crippen LogP contribution < -0.4 is 30.8 Å². The molecular weight excluding hydrogens is 553 g/mol. The number of rotatable bonds is 9. The molecule has 0 spiro atoms. The second-order valence-corrected chi connectivity index (χ2v) is 11.7. The fourth-order valence-corrected chi connectivity index (χ4v) is 4.72. The fourth-order valence-electron chi connectivity index (χ4n) is 3.46. The zero-order valence-electron chi connectivity index (χ0n) is 20.0. The molecule has 0 aliphatic carbocycles. The smallest absolute Gasteiger partial charge is 0.262 e. The molecule has 15 heteroatoms. The predicted octanol–water partition coefficient (Wildman–Crippen LogP) is 1.15. The second kappa shape index (κ2) is 12.5. The number of hydrogen-bond donors (Lipinski definition) is 5. The highest BCUT2D eigenvalue weighted by atomic mass is 32.2. The molecule has 204 valence electrons. The summed E-state index contributed by atoms with van der Waals surface area (Å²) in [6, 6.07) is 16.0. The van der Waals surface area contributed by atoms with Crippen molar-refractivity contribution in [3.63, 3.8) is 0 Å². The van der Waals surface area contributed by atoms with Crippen LogP contribution in [0.15, 0.2) is 83.6 Å². The van der Waals surface area contributed by atoms with Crippen LogP contribution in [0.3, 0.4) is 0 Å². The zero-order chi connectivity index (χ0) is 27.9. The van der Waals surface area contributed by atoms with Crippen molar-refractivity contribution in [3.8, 4) is 5.75 Å². The molecule has 0 aliphatic heterocycles. The Morgan fingerprint density at radius 1 is 1.13 bits per heavy atom. The third-order valence-electron chi connectivity index (χ3n) is 5.20. The van der Waals surface area contributed by atoms with Gasteiger partial charge in [-0.3, -0.25) is 4.57 Å². The molecule has 0 saturated carbocycles. The summed E-state index contributed by atoms with van der Waals surface area (Å²) in [6.45, 7) is 1.36. The zero-order valence-corrected chi connectivity index (χ0v) is 22.6. The number of aromatic nitrogens is 2. The van der Waals surface area contributed by atoms with Crippen molar-refractivity contribution >= 4 is 40.6 Å². The molecule has 0 saturated heterocycles. The van der Waals surface area contributed by atoms with Crippen molar-refractivity contribution in [2.24, 2.45) is 5.14 Å². The van der Waals surface area contributed by atoms with Crippen molar-refractivity contribution in [2.75, 3.05) is 11.5 Å². The number of nitrogens with two attached hydrogens (primary N) is 3. The first-order valence-electron chi connectivity index (χ1n) is 11.1. The molecular formula is C23H28N5O7PS2. The third-order valence-corrected chi connectivity index (χ3v) is 7.09. The fraction of sp³-hybridized carbons (Fsp3) is 0.174. The monoisotopic (exact) mass is 581 g/mol. The van der Waals surface area contributed by atoms with Crippen molar-refractivity contribution in [2.45, 2.75) is 30.5 Å². The largest absolute Gasteiger partial charge is 0.756 e. The van der Waals surface area contributed by atoms with Crippen LogP contribution in [0.1, 0.15) is 16.5 Å². The van der Waals surface area contributed by atoms with Gasteiger partial charge in [0.15, 0.2) is 6.10 Å². The molecule has 1 atom stereocenters. The van der Waals surface area contributed by atoms with Gasteiger partial charge in [0.25, 0.3) is 7.82 Å². The lowest BCUT2D eigenvalue weighted by Crippen LogP contribution is -2.36. The Bertz CT molecular complexity index is 1480. The SMILES string of the molecule is Nc1ccc(OC(C[n+]2ccn(CCc3ccc(S(N)(=O)=O)cc3)c2)c2cccs2)c(N)c1.O=P([O-])(O)O. The molecule has 0 fully saturated rings. The first kappa shape index (κ1) is 29.3. The maximum absolute atomic E-state index is 11.4. The van der Waals surface area contributed by atoms with E-state index in [0.717, 1.165) is 23.4 Å². The molecule has 2 aromatic heterocycles. The number of thiophene rings is 1. The van der Waals surface area contributed by atoms with Gasteiger partial charge in [0.2, 0.25) is 16.4 Å². The molecule has 12 nitrogen and oxygen atoms in total. The van der Waals surface area contributed by atoms with Gasteiger partial charge in [0, 0.05) is 17.0 Å². The Kier molecular flexibility index (Phi) is 9.68. The van der Waals surface area contributed by atoms with Crippen LogP contribution in [-0.2, 0) is 34.1 Å². The molecule has 8 N–H and O–H groups in total. The van der Waals surface area contributed by atoms with Gasteiger partial charge >= 0.3 is 0 Å². The summed E-state index contributed by atoms with van der Waals surface area (Å²) in [6.07, 6.45) is 6.58. The summed E-state index contributed by atoms with van der Waals surface area (Å²) in [7, 11) is -8.56. The van der Waals surface area contributed by atoms with E-state index in [1.54, 1.807) is 41.7 Å². The van der Waals surface area contributed by atoms with Gasteiger partial charge < -0.3 is 30.9 Å². The van der Waals surface area contributed by atoms with Crippen LogP contribution in [-0.4, -0.2) is 22.8 Å². The highest BCUT2D eigenvalue weighted by Gasteiger charge is 2.20. The lowest BCUT2D eigenvalue weighted by molar-refractivity contribution is -0.703. The van der Waals surface area contributed by atoms with Gasteiger partial charge in [-0.2, -0.15) is 0 Å². The number of primary sulfonamides is 1. The maximum Gasteiger partial charge on any atom is 0.262 e. The maximum atomic E-state index is 11.4. The summed E-state index contributed by atoms with van der Waals surface area (Å²) < 4.78 is 42.0. The average molecular weight is 582 g/mol. The van der Waals surface area contributed by atoms with Crippen molar-refractivity contribution < 1.29 is 37.0 Å². The average Bonchev–Trinajstić information content (AvgIpc) is 3.50. The van der Waals surface area contributed by atoms with Gasteiger partial charge in [-0.25, -0.2) is 22.7 Å². The summed E-state index contributed by atoms with van der Waals surface area (Å²) in [4.78, 5) is 24.1. The number of phosphoric acid groups is 1. The van der Waals surface area contributed by atoms with E-state index in [9.17, 15) is 8.42 Å². The molecule has 2 heterocycles. The van der Waals surface area contributed by atoms with E-state index in [0.29, 0.717) is 23.7 Å². The van der Waals surface area contributed by atoms with Gasteiger partial charge in [0.1, 0.15) is 24.7 Å². The first-order chi connectivity index (χ1) is 17.8. The van der Waals surface area contributed by atoms with E-state index >= 15 is 0 Å². The quantitative estimate of drug-likeness (QED) is 0.109. The van der Waals surface area contributed by atoms with E-state index in [2.05, 4.69) is 9.13 Å². The van der Waals surface area contributed by atoms with Gasteiger partial charge in [-0.1, -0.05) is 18.2 Å². The van der Waals surface area contributed by atoms with Crippen LogP contribution in [0.25, 0.3) is 0 Å². The van der Waals surface area contributed by atoms with Crippen LogP contribution >= 0.6 is 19.2 Å². The van der Waals surface area contributed by atoms with Crippen molar-refractivity contribution in [3.05, 3.63) is 89.1 Å². The number of hydrogen-bond acceptors (Lipinski definition) is 8.